The van der Waals surface area contributed by atoms with E-state index in [1.54, 1.807) is 0 Å². The Bertz CT molecular complexity index is 426. The molecular weight excluding hydrogens is 192 g/mol. The van der Waals surface area contributed by atoms with Crippen molar-refractivity contribution in [3.8, 4) is 6.07 Å². The Morgan fingerprint density at radius 1 is 1.29 bits per heavy atom. The molecule has 1 aromatic rings. The summed E-state index contributed by atoms with van der Waals surface area (Å²) < 4.78 is 0. The molecule has 3 heteroatoms. The van der Waals surface area contributed by atoms with Gasteiger partial charge < -0.3 is 5.32 Å². The fraction of sp³-hybridized carbons (Fsp3) is 0. The lowest BCUT2D eigenvalue weighted by atomic mass is 10.2. The van der Waals surface area contributed by atoms with Crippen LogP contribution in [0.4, 0.5) is 0 Å². The zero-order valence-electron chi connectivity index (χ0n) is 7.40. The smallest absolute Gasteiger partial charge is 0.0939 e. The number of allylic oxidation sites excluding steroid dienone is 1. The second-order valence-corrected chi connectivity index (χ2v) is 3.69. The highest BCUT2D eigenvalue weighted by atomic mass is 32.2. The lowest BCUT2D eigenvalue weighted by molar-refractivity contribution is 1.21. The summed E-state index contributed by atoms with van der Waals surface area (Å²) >= 11 is 1.54. The maximum atomic E-state index is 8.48. The maximum absolute atomic E-state index is 8.48. The van der Waals surface area contributed by atoms with Crippen LogP contribution in [0, 0.1) is 11.3 Å². The van der Waals surface area contributed by atoms with Gasteiger partial charge in [-0.15, -0.1) is 0 Å². The van der Waals surface area contributed by atoms with E-state index in [9.17, 15) is 0 Å². The lowest BCUT2D eigenvalue weighted by Gasteiger charge is -2.02. The molecule has 2 nitrogen and oxygen atoms in total. The molecule has 0 saturated heterocycles. The molecule has 2 rings (SSSR count). The van der Waals surface area contributed by atoms with E-state index in [1.165, 1.54) is 17.8 Å². The van der Waals surface area contributed by atoms with Gasteiger partial charge >= 0.3 is 0 Å². The van der Waals surface area contributed by atoms with Gasteiger partial charge in [-0.05, 0) is 5.56 Å². The van der Waals surface area contributed by atoms with Crippen LogP contribution in [-0.4, -0.2) is 0 Å². The van der Waals surface area contributed by atoms with Crippen LogP contribution in [-0.2, 0) is 0 Å². The van der Waals surface area contributed by atoms with Gasteiger partial charge in [-0.25, -0.2) is 0 Å². The molecule has 0 amide bonds. The van der Waals surface area contributed by atoms with Crippen molar-refractivity contribution in [2.24, 2.45) is 0 Å². The Hall–Kier alpha value is -1.66. The number of nitrogens with one attached hydrogen (secondary N) is 1. The van der Waals surface area contributed by atoms with Crippen LogP contribution in [0.2, 0.25) is 0 Å². The Kier molecular flexibility index (Phi) is 2.57. The van der Waals surface area contributed by atoms with Gasteiger partial charge in [-0.1, -0.05) is 42.1 Å². The van der Waals surface area contributed by atoms with Crippen molar-refractivity contribution < 1.29 is 0 Å². The van der Waals surface area contributed by atoms with Gasteiger partial charge in [0.15, 0.2) is 0 Å². The Balaban J connectivity index is 2.18. The van der Waals surface area contributed by atoms with Gasteiger partial charge in [0.2, 0.25) is 0 Å². The van der Waals surface area contributed by atoms with Gasteiger partial charge in [0.05, 0.1) is 16.8 Å². The molecule has 1 aliphatic heterocycles. The third-order valence-corrected chi connectivity index (χ3v) is 2.67. The van der Waals surface area contributed by atoms with Crippen molar-refractivity contribution in [1.82, 2.24) is 5.32 Å². The monoisotopic (exact) mass is 200 g/mol. The molecule has 0 aliphatic carbocycles. The van der Waals surface area contributed by atoms with Crippen LogP contribution in [0.5, 0.6) is 0 Å². The Labute approximate surface area is 86.9 Å². The highest BCUT2D eigenvalue weighted by Gasteiger charge is 2.10. The highest BCUT2D eigenvalue weighted by molar-refractivity contribution is 8.06. The van der Waals surface area contributed by atoms with Gasteiger partial charge in [0, 0.05) is 11.5 Å². The molecule has 1 aliphatic rings. The third kappa shape index (κ3) is 1.81. The second kappa shape index (κ2) is 4.03. The summed E-state index contributed by atoms with van der Waals surface area (Å²) in [4.78, 5) is 0. The van der Waals surface area contributed by atoms with Crippen molar-refractivity contribution in [3.05, 3.63) is 52.4 Å². The van der Waals surface area contributed by atoms with Crippen LogP contribution in [0.25, 0.3) is 5.70 Å². The van der Waals surface area contributed by atoms with Crippen LogP contribution >= 0.6 is 11.8 Å². The molecule has 68 valence electrons. The van der Waals surface area contributed by atoms with Gasteiger partial charge in [-0.3, -0.25) is 0 Å². The Morgan fingerprint density at radius 2 is 2.07 bits per heavy atom. The van der Waals surface area contributed by atoms with Crippen molar-refractivity contribution in [3.63, 3.8) is 0 Å². The van der Waals surface area contributed by atoms with Crippen molar-refractivity contribution >= 4 is 17.5 Å². The van der Waals surface area contributed by atoms with Gasteiger partial charge in [-0.2, -0.15) is 5.26 Å². The maximum Gasteiger partial charge on any atom is 0.0939 e. The molecule has 0 atom stereocenters. The molecule has 0 bridgehead atoms. The fourth-order valence-electron chi connectivity index (χ4n) is 1.20. The summed E-state index contributed by atoms with van der Waals surface area (Å²) in [5.41, 5.74) is 2.19. The molecule has 1 N–H and O–H groups in total. The molecule has 0 fully saturated rings. The number of hydrogen-bond donors (Lipinski definition) is 1. The summed E-state index contributed by atoms with van der Waals surface area (Å²) in [7, 11) is 0. The summed E-state index contributed by atoms with van der Waals surface area (Å²) in [5.74, 6) is 0. The average Bonchev–Trinajstić information content (AvgIpc) is 2.68. The number of thioether (sulfide) groups is 1. The average molecular weight is 200 g/mol. The van der Waals surface area contributed by atoms with Crippen molar-refractivity contribution in [2.75, 3.05) is 0 Å². The zero-order valence-corrected chi connectivity index (χ0v) is 8.21. The van der Waals surface area contributed by atoms with E-state index >= 15 is 0 Å². The van der Waals surface area contributed by atoms with E-state index < -0.39 is 0 Å². The molecule has 0 unspecified atom stereocenters. The predicted octanol–water partition coefficient (Wildman–Crippen LogP) is 2.69. The van der Waals surface area contributed by atoms with Crippen LogP contribution < -0.4 is 5.32 Å². The molecule has 14 heavy (non-hydrogen) atoms. The molecular formula is C11H8N2S. The van der Waals surface area contributed by atoms with Crippen LogP contribution in [0.3, 0.4) is 0 Å². The Morgan fingerprint density at radius 3 is 2.79 bits per heavy atom. The van der Waals surface area contributed by atoms with Crippen LogP contribution in [0.1, 0.15) is 5.56 Å². The quantitative estimate of drug-likeness (QED) is 0.708. The normalized spacial score (nSPS) is 17.4. The molecule has 1 aromatic carbocycles. The molecule has 1 heterocycles. The first-order valence-corrected chi connectivity index (χ1v) is 5.07. The standard InChI is InChI=1S/C11H8N2S/c12-7-6-11-13-10(8-14-11)9-4-2-1-3-5-9/h1-6,8,13H. The minimum Gasteiger partial charge on any atom is -0.348 e. The number of benzene rings is 1. The SMILES string of the molecule is N#CC=C1NC(c2ccccc2)=CS1. The number of rotatable bonds is 1. The lowest BCUT2D eigenvalue weighted by Crippen LogP contribution is -2.03. The topological polar surface area (TPSA) is 35.8 Å². The van der Waals surface area contributed by atoms with E-state index in [0.717, 1.165) is 16.3 Å². The van der Waals surface area contributed by atoms with E-state index in [1.807, 2.05) is 41.8 Å². The number of hydrogen-bond acceptors (Lipinski definition) is 3. The van der Waals surface area contributed by atoms with Gasteiger partial charge in [0.25, 0.3) is 0 Å². The largest absolute Gasteiger partial charge is 0.348 e. The second-order valence-electron chi connectivity index (χ2n) is 2.78. The fourth-order valence-corrected chi connectivity index (χ4v) is 1.93. The van der Waals surface area contributed by atoms with E-state index in [-0.39, 0.29) is 0 Å². The first kappa shape index (κ1) is 8.92. The van der Waals surface area contributed by atoms with Crippen molar-refractivity contribution in [1.29, 1.82) is 5.26 Å². The summed E-state index contributed by atoms with van der Waals surface area (Å²) in [5, 5.41) is 14.5. The third-order valence-electron chi connectivity index (χ3n) is 1.84. The van der Waals surface area contributed by atoms with Crippen LogP contribution in [0.15, 0.2) is 46.8 Å². The first-order valence-electron chi connectivity index (χ1n) is 4.19. The van der Waals surface area contributed by atoms with E-state index in [2.05, 4.69) is 5.32 Å². The number of nitriles is 1. The molecule has 0 spiro atoms. The zero-order chi connectivity index (χ0) is 9.80. The summed E-state index contributed by atoms with van der Waals surface area (Å²) in [6.07, 6.45) is 1.51. The minimum atomic E-state index is 0.881. The highest BCUT2D eigenvalue weighted by Crippen LogP contribution is 2.29. The summed E-state index contributed by atoms with van der Waals surface area (Å²) in [6, 6.07) is 12.0. The van der Waals surface area contributed by atoms with Crippen molar-refractivity contribution in [2.45, 2.75) is 0 Å². The summed E-state index contributed by atoms with van der Waals surface area (Å²) in [6.45, 7) is 0. The number of nitrogens with zero attached hydrogens (tertiary/aromatic N) is 1. The minimum absolute atomic E-state index is 0.881. The van der Waals surface area contributed by atoms with E-state index in [0.29, 0.717) is 0 Å². The van der Waals surface area contributed by atoms with E-state index in [4.69, 9.17) is 5.26 Å². The molecule has 0 radical (unpaired) electrons. The molecule has 0 saturated carbocycles. The first-order chi connectivity index (χ1) is 6.90. The molecule has 0 aromatic heterocycles. The predicted molar refractivity (Wildman–Crippen MR) is 58.8 cm³/mol. The van der Waals surface area contributed by atoms with Gasteiger partial charge in [0.1, 0.15) is 0 Å².